The van der Waals surface area contributed by atoms with E-state index in [4.69, 9.17) is 5.26 Å². The summed E-state index contributed by atoms with van der Waals surface area (Å²) in [5.74, 6) is -1.25. The lowest BCUT2D eigenvalue weighted by Gasteiger charge is -1.87. The van der Waals surface area contributed by atoms with Gasteiger partial charge in [0.25, 0.3) is 0 Å². The Morgan fingerprint density at radius 1 is 1.62 bits per heavy atom. The average Bonchev–Trinajstić information content (AvgIpc) is 1.65. The maximum absolute atomic E-state index is 10.0. The predicted octanol–water partition coefficient (Wildman–Crippen LogP) is -0.0183. The summed E-state index contributed by atoms with van der Waals surface area (Å²) in [4.78, 5) is 23.1. The van der Waals surface area contributed by atoms with Crippen LogP contribution in [-0.4, -0.2) is 17.0 Å². The van der Waals surface area contributed by atoms with E-state index in [0.29, 0.717) is 0 Å². The maximum atomic E-state index is 10.0. The molecule has 4 heteroatoms. The molecule has 46 valence electrons. The van der Waals surface area contributed by atoms with Gasteiger partial charge in [-0.25, -0.2) is 4.79 Å². The van der Waals surface area contributed by atoms with Crippen molar-refractivity contribution in [3.63, 3.8) is 0 Å². The van der Waals surface area contributed by atoms with Crippen molar-refractivity contribution in [1.82, 2.24) is 0 Å². The van der Waals surface area contributed by atoms with E-state index in [-0.39, 0.29) is 12.2 Å². The van der Waals surface area contributed by atoms with Gasteiger partial charge in [0.05, 0.1) is 0 Å². The molecule has 0 rings (SSSR count). The summed E-state index contributed by atoms with van der Waals surface area (Å²) >= 11 is 0. The van der Waals surface area contributed by atoms with Crippen molar-refractivity contribution in [1.29, 1.82) is 0 Å². The van der Waals surface area contributed by atoms with Crippen LogP contribution in [0.2, 0.25) is 0 Å². The highest BCUT2D eigenvalue weighted by atomic mass is 17.1. The fraction of sp³-hybridized carbons (Fsp3) is 0.500. The van der Waals surface area contributed by atoms with Crippen LogP contribution in [0.25, 0.3) is 0 Å². The van der Waals surface area contributed by atoms with Crippen molar-refractivity contribution in [3.8, 4) is 0 Å². The van der Waals surface area contributed by atoms with E-state index in [1.54, 1.807) is 0 Å². The first-order valence-corrected chi connectivity index (χ1v) is 2.00. The second-order valence-corrected chi connectivity index (χ2v) is 1.34. The Morgan fingerprint density at radius 2 is 2.12 bits per heavy atom. The molecule has 8 heavy (non-hydrogen) atoms. The Morgan fingerprint density at radius 3 is 2.25 bits per heavy atom. The quantitative estimate of drug-likeness (QED) is 0.314. The highest BCUT2D eigenvalue weighted by Crippen LogP contribution is 1.82. The number of carbonyl (C=O) groups is 2. The van der Waals surface area contributed by atoms with Crippen molar-refractivity contribution in [3.05, 3.63) is 0 Å². The average molecular weight is 118 g/mol. The van der Waals surface area contributed by atoms with Crippen molar-refractivity contribution < 1.29 is 19.7 Å². The Hall–Kier alpha value is -0.900. The van der Waals surface area contributed by atoms with Crippen LogP contribution in [0.15, 0.2) is 0 Å². The fourth-order valence-electron chi connectivity index (χ4n) is 0.236. The van der Waals surface area contributed by atoms with Crippen molar-refractivity contribution in [2.75, 3.05) is 0 Å². The molecule has 0 fully saturated rings. The van der Waals surface area contributed by atoms with Gasteiger partial charge in [0.15, 0.2) is 0 Å². The van der Waals surface area contributed by atoms with Crippen LogP contribution >= 0.6 is 0 Å². The first-order valence-electron chi connectivity index (χ1n) is 2.00. The summed E-state index contributed by atoms with van der Waals surface area (Å²) < 4.78 is 0. The number of Topliss-reactive ketones (excluding diaryl/α,β-unsaturated/α-hetero) is 1. The van der Waals surface area contributed by atoms with Crippen LogP contribution in [0.5, 0.6) is 0 Å². The predicted molar refractivity (Wildman–Crippen MR) is 24.0 cm³/mol. The summed E-state index contributed by atoms with van der Waals surface area (Å²) in [5, 5.41) is 7.58. The van der Waals surface area contributed by atoms with Crippen LogP contribution < -0.4 is 0 Å². The van der Waals surface area contributed by atoms with Gasteiger partial charge < -0.3 is 4.89 Å². The minimum Gasteiger partial charge on any atom is -0.301 e. The molecular formula is C4H6O4. The molecule has 0 spiro atoms. The van der Waals surface area contributed by atoms with Gasteiger partial charge in [-0.3, -0.25) is 4.79 Å². The first-order chi connectivity index (χ1) is 3.66. The minimum absolute atomic E-state index is 0.330. The van der Waals surface area contributed by atoms with E-state index in [1.807, 2.05) is 0 Å². The molecule has 0 heterocycles. The number of ketones is 1. The van der Waals surface area contributed by atoms with Crippen LogP contribution in [0.1, 0.15) is 13.3 Å². The lowest BCUT2D eigenvalue weighted by Crippen LogP contribution is -2.05. The Balaban J connectivity index is 3.40. The zero-order valence-electron chi connectivity index (χ0n) is 4.38. The molecule has 0 amide bonds. The van der Waals surface area contributed by atoms with Gasteiger partial charge in [-0.2, -0.15) is 5.26 Å². The summed E-state index contributed by atoms with van der Waals surface area (Å²) in [6.07, 6.45) is -0.365. The molecule has 0 aromatic carbocycles. The SMILES string of the molecule is CC(=O)CC(=O)OO. The highest BCUT2D eigenvalue weighted by Gasteiger charge is 2.03. The van der Waals surface area contributed by atoms with E-state index in [1.165, 1.54) is 6.92 Å². The number of rotatable bonds is 2. The van der Waals surface area contributed by atoms with E-state index in [2.05, 4.69) is 4.89 Å². The highest BCUT2D eigenvalue weighted by molar-refractivity contribution is 5.93. The third kappa shape index (κ3) is 3.30. The van der Waals surface area contributed by atoms with Gasteiger partial charge in [-0.1, -0.05) is 0 Å². The molecule has 0 saturated carbocycles. The van der Waals surface area contributed by atoms with Crippen molar-refractivity contribution in [2.45, 2.75) is 13.3 Å². The standard InChI is InChI=1S/C4H6O4/c1-3(5)2-4(6)8-7/h7H,2H2,1H3. The molecule has 0 aliphatic heterocycles. The van der Waals surface area contributed by atoms with Gasteiger partial charge in [0.2, 0.25) is 0 Å². The molecule has 0 aromatic rings. The molecule has 0 aliphatic rings. The first kappa shape index (κ1) is 7.10. The Kier molecular flexibility index (Phi) is 2.79. The second kappa shape index (κ2) is 3.15. The Labute approximate surface area is 46.0 Å². The van der Waals surface area contributed by atoms with Gasteiger partial charge in [-0.15, -0.1) is 0 Å². The number of hydrogen-bond acceptors (Lipinski definition) is 4. The van der Waals surface area contributed by atoms with Gasteiger partial charge >= 0.3 is 5.97 Å². The van der Waals surface area contributed by atoms with Crippen molar-refractivity contribution in [2.24, 2.45) is 0 Å². The maximum Gasteiger partial charge on any atom is 0.349 e. The molecule has 0 aliphatic carbocycles. The lowest BCUT2D eigenvalue weighted by molar-refractivity contribution is -0.233. The molecular weight excluding hydrogens is 112 g/mol. The largest absolute Gasteiger partial charge is 0.349 e. The lowest BCUT2D eigenvalue weighted by atomic mass is 10.3. The molecule has 0 saturated heterocycles. The molecule has 0 atom stereocenters. The van der Waals surface area contributed by atoms with E-state index in [0.717, 1.165) is 0 Å². The summed E-state index contributed by atoms with van der Waals surface area (Å²) in [6.45, 7) is 1.23. The second-order valence-electron chi connectivity index (χ2n) is 1.34. The molecule has 0 bridgehead atoms. The summed E-state index contributed by atoms with van der Waals surface area (Å²) in [6, 6.07) is 0. The molecule has 0 aromatic heterocycles. The van der Waals surface area contributed by atoms with E-state index < -0.39 is 5.97 Å². The molecule has 0 radical (unpaired) electrons. The van der Waals surface area contributed by atoms with Gasteiger partial charge in [0, 0.05) is 0 Å². The number of hydrogen-bond donors (Lipinski definition) is 1. The number of carbonyl (C=O) groups excluding carboxylic acids is 2. The smallest absolute Gasteiger partial charge is 0.301 e. The summed E-state index contributed by atoms with van der Waals surface area (Å²) in [7, 11) is 0. The van der Waals surface area contributed by atoms with Crippen LogP contribution in [-0.2, 0) is 14.5 Å². The zero-order chi connectivity index (χ0) is 6.57. The van der Waals surface area contributed by atoms with Crippen LogP contribution in [0, 0.1) is 0 Å². The van der Waals surface area contributed by atoms with Crippen LogP contribution in [0.4, 0.5) is 0 Å². The molecule has 4 nitrogen and oxygen atoms in total. The topological polar surface area (TPSA) is 63.6 Å². The van der Waals surface area contributed by atoms with E-state index >= 15 is 0 Å². The summed E-state index contributed by atoms with van der Waals surface area (Å²) in [5.41, 5.74) is 0. The van der Waals surface area contributed by atoms with Crippen molar-refractivity contribution >= 4 is 11.8 Å². The Bertz CT molecular complexity index is 107. The molecule has 1 N–H and O–H groups in total. The van der Waals surface area contributed by atoms with E-state index in [9.17, 15) is 9.59 Å². The van der Waals surface area contributed by atoms with Crippen LogP contribution in [0.3, 0.4) is 0 Å². The fourth-order valence-corrected chi connectivity index (χ4v) is 0.236. The third-order valence-corrected chi connectivity index (χ3v) is 0.495. The normalized spacial score (nSPS) is 8.25. The van der Waals surface area contributed by atoms with Gasteiger partial charge in [0.1, 0.15) is 12.2 Å². The van der Waals surface area contributed by atoms with Gasteiger partial charge in [-0.05, 0) is 6.92 Å². The molecule has 0 unspecified atom stereocenters. The third-order valence-electron chi connectivity index (χ3n) is 0.495. The minimum atomic E-state index is -0.919. The zero-order valence-corrected chi connectivity index (χ0v) is 4.38. The monoisotopic (exact) mass is 118 g/mol.